The van der Waals surface area contributed by atoms with Gasteiger partial charge in [0.1, 0.15) is 11.6 Å². The fraction of sp³-hybridized carbons (Fsp3) is 0.111. The zero-order chi connectivity index (χ0) is 24.1. The number of allylic oxidation sites excluding steroid dienone is 2. The van der Waals surface area contributed by atoms with Gasteiger partial charge in [0.15, 0.2) is 0 Å². The Hall–Kier alpha value is -3.35. The fourth-order valence-corrected chi connectivity index (χ4v) is 5.62. The Labute approximate surface area is 206 Å². The second-order valence-corrected chi connectivity index (χ2v) is 9.82. The molecule has 0 fully saturated rings. The molecule has 0 spiro atoms. The average molecular weight is 490 g/mol. The molecule has 0 saturated carbocycles. The van der Waals surface area contributed by atoms with Gasteiger partial charge in [-0.2, -0.15) is 0 Å². The molecule has 3 aromatic carbocycles. The number of nitrogen functional groups attached to an aromatic ring is 1. The first-order valence-corrected chi connectivity index (χ1v) is 11.9. The van der Waals surface area contributed by atoms with Crippen molar-refractivity contribution in [2.45, 2.75) is 25.7 Å². The van der Waals surface area contributed by atoms with E-state index in [2.05, 4.69) is 10.3 Å². The van der Waals surface area contributed by atoms with Crippen LogP contribution in [0.4, 0.5) is 15.9 Å². The monoisotopic (exact) mass is 489 g/mol. The van der Waals surface area contributed by atoms with Crippen molar-refractivity contribution in [2.24, 2.45) is 0 Å². The molecule has 0 radical (unpaired) electrons. The number of fused-ring (bicyclic) bond motifs is 2. The molecule has 4 nitrogen and oxygen atoms in total. The topological polar surface area (TPSA) is 68.0 Å². The van der Waals surface area contributed by atoms with E-state index in [1.54, 1.807) is 12.1 Å². The molecule has 0 unspecified atom stereocenters. The van der Waals surface area contributed by atoms with Crippen molar-refractivity contribution in [3.8, 4) is 11.1 Å². The van der Waals surface area contributed by atoms with E-state index in [4.69, 9.17) is 17.3 Å². The number of aryl methyl sites for hydroxylation is 2. The molecule has 0 bridgehead atoms. The molecule has 1 aromatic heterocycles. The van der Waals surface area contributed by atoms with Gasteiger partial charge in [-0.15, -0.1) is 0 Å². The van der Waals surface area contributed by atoms with E-state index in [-0.39, 0.29) is 23.0 Å². The molecule has 0 saturated heterocycles. The van der Waals surface area contributed by atoms with Crippen LogP contribution in [0.25, 0.3) is 22.0 Å². The van der Waals surface area contributed by atoms with Crippen molar-refractivity contribution in [3.63, 3.8) is 0 Å². The van der Waals surface area contributed by atoms with Crippen molar-refractivity contribution in [2.75, 3.05) is 11.1 Å². The molecule has 170 valence electrons. The van der Waals surface area contributed by atoms with Crippen LogP contribution < -0.4 is 11.1 Å². The summed E-state index contributed by atoms with van der Waals surface area (Å²) < 4.78 is 13.9. The van der Waals surface area contributed by atoms with Crippen molar-refractivity contribution in [1.82, 2.24) is 4.98 Å². The van der Waals surface area contributed by atoms with Crippen LogP contribution in [0, 0.1) is 19.7 Å². The normalized spacial score (nSPS) is 13.1. The third-order valence-electron chi connectivity index (χ3n) is 5.85. The van der Waals surface area contributed by atoms with Crippen LogP contribution >= 0.6 is 23.4 Å². The van der Waals surface area contributed by atoms with Crippen LogP contribution in [0.2, 0.25) is 5.02 Å². The summed E-state index contributed by atoms with van der Waals surface area (Å²) in [6.07, 6.45) is 0. The zero-order valence-corrected chi connectivity index (χ0v) is 20.4. The first kappa shape index (κ1) is 22.4. The fourth-order valence-electron chi connectivity index (χ4n) is 4.37. The highest BCUT2D eigenvalue weighted by atomic mass is 35.5. The summed E-state index contributed by atoms with van der Waals surface area (Å²) in [5, 5.41) is 4.53. The number of ketones is 1. The number of nitrogens with two attached hydrogens (primary N) is 1. The van der Waals surface area contributed by atoms with Gasteiger partial charge in [0.2, 0.25) is 5.78 Å². The van der Waals surface area contributed by atoms with Gasteiger partial charge in [-0.25, -0.2) is 9.37 Å². The van der Waals surface area contributed by atoms with Crippen LogP contribution in [-0.2, 0) is 0 Å². The molecule has 3 N–H and O–H groups in total. The van der Waals surface area contributed by atoms with E-state index >= 15 is 0 Å². The van der Waals surface area contributed by atoms with Crippen LogP contribution in [0.1, 0.15) is 28.4 Å². The van der Waals surface area contributed by atoms with Crippen molar-refractivity contribution in [3.05, 3.63) is 92.7 Å². The van der Waals surface area contributed by atoms with Gasteiger partial charge in [-0.1, -0.05) is 53.2 Å². The molecule has 1 aliphatic rings. The first-order chi connectivity index (χ1) is 16.2. The lowest BCUT2D eigenvalue weighted by Gasteiger charge is -2.23. The number of nitrogens with one attached hydrogen (secondary N) is 1. The number of carbonyl (C=O) groups is 1. The number of hydrogen-bond donors (Lipinski definition) is 2. The van der Waals surface area contributed by atoms with E-state index in [0.29, 0.717) is 31.6 Å². The molecule has 5 rings (SSSR count). The minimum atomic E-state index is -0.367. The Morgan fingerprint density at radius 1 is 1.09 bits per heavy atom. The maximum absolute atomic E-state index is 14.1. The van der Waals surface area contributed by atoms with E-state index in [9.17, 15) is 9.18 Å². The number of carbonyl (C=O) groups excluding carboxylic acids is 1. The summed E-state index contributed by atoms with van der Waals surface area (Å²) in [5.74, 6) is -0.523. The van der Waals surface area contributed by atoms with Gasteiger partial charge in [0.05, 0.1) is 21.7 Å². The number of rotatable bonds is 3. The largest absolute Gasteiger partial charge is 0.383 e. The third-order valence-corrected chi connectivity index (χ3v) is 7.43. The van der Waals surface area contributed by atoms with Crippen LogP contribution in [0.5, 0.6) is 0 Å². The van der Waals surface area contributed by atoms with Crippen LogP contribution in [-0.4, -0.2) is 10.8 Å². The second-order valence-electron chi connectivity index (χ2n) is 8.36. The molecule has 2 heterocycles. The number of aromatic nitrogens is 1. The molecule has 0 atom stereocenters. The van der Waals surface area contributed by atoms with Gasteiger partial charge >= 0.3 is 0 Å². The van der Waals surface area contributed by atoms with Crippen LogP contribution in [0.3, 0.4) is 0 Å². The number of nitrogens with zero attached hydrogens (tertiary/aromatic N) is 1. The highest BCUT2D eigenvalue weighted by Gasteiger charge is 2.29. The zero-order valence-electron chi connectivity index (χ0n) is 18.8. The summed E-state index contributed by atoms with van der Waals surface area (Å²) in [5.41, 5.74) is 12.2. The highest BCUT2D eigenvalue weighted by Crippen LogP contribution is 2.45. The van der Waals surface area contributed by atoms with Crippen molar-refractivity contribution >= 4 is 51.6 Å². The molecule has 0 aliphatic carbocycles. The number of thioether (sulfide) groups is 1. The lowest BCUT2D eigenvalue weighted by molar-refractivity contribution is 0.104. The summed E-state index contributed by atoms with van der Waals surface area (Å²) >= 11 is 7.84. The van der Waals surface area contributed by atoms with Crippen molar-refractivity contribution < 1.29 is 9.18 Å². The second kappa shape index (κ2) is 8.46. The SMILES string of the molecule is CC1=C(C(=O)c2c(N)nc3c(C)cc(C)cc3c2-c2ccccc2Cl)Sc2cc(F)ccc2N1. The standard InChI is InChI=1S/C27H21ClFN3OS/c1-13-10-14(2)24-18(11-13)22(17-6-4-5-7-19(17)28)23(27(30)32-24)25(33)26-15(3)31-20-9-8-16(29)12-21(20)34-26/h4-12,31H,1-3H3,(H2,30,32). The lowest BCUT2D eigenvalue weighted by atomic mass is 9.91. The number of hydrogen-bond acceptors (Lipinski definition) is 5. The maximum Gasteiger partial charge on any atom is 0.205 e. The minimum absolute atomic E-state index is 0.130. The number of halogens is 2. The van der Waals surface area contributed by atoms with Gasteiger partial charge in [-0.3, -0.25) is 4.79 Å². The number of pyridine rings is 1. The molecule has 34 heavy (non-hydrogen) atoms. The van der Waals surface area contributed by atoms with E-state index in [1.807, 2.05) is 51.1 Å². The Balaban J connectivity index is 1.79. The Bertz CT molecular complexity index is 1550. The predicted molar refractivity (Wildman–Crippen MR) is 139 cm³/mol. The molecular formula is C27H21ClFN3OS. The minimum Gasteiger partial charge on any atom is -0.383 e. The molecular weight excluding hydrogens is 469 g/mol. The van der Waals surface area contributed by atoms with E-state index in [0.717, 1.165) is 27.7 Å². The van der Waals surface area contributed by atoms with Gasteiger partial charge in [-0.05, 0) is 56.7 Å². The summed E-state index contributed by atoms with van der Waals surface area (Å²) in [4.78, 5) is 19.8. The number of benzene rings is 3. The quantitative estimate of drug-likeness (QED) is 0.291. The van der Waals surface area contributed by atoms with Gasteiger partial charge < -0.3 is 11.1 Å². The predicted octanol–water partition coefficient (Wildman–Crippen LogP) is 7.53. The first-order valence-electron chi connectivity index (χ1n) is 10.7. The van der Waals surface area contributed by atoms with Crippen molar-refractivity contribution in [1.29, 1.82) is 0 Å². The highest BCUT2D eigenvalue weighted by molar-refractivity contribution is 8.04. The Kier molecular flexibility index (Phi) is 5.58. The number of anilines is 2. The summed E-state index contributed by atoms with van der Waals surface area (Å²) in [7, 11) is 0. The summed E-state index contributed by atoms with van der Waals surface area (Å²) in [6, 6.07) is 15.9. The molecule has 1 aliphatic heterocycles. The Morgan fingerprint density at radius 2 is 1.85 bits per heavy atom. The maximum atomic E-state index is 14.1. The molecule has 7 heteroatoms. The smallest absolute Gasteiger partial charge is 0.205 e. The lowest BCUT2D eigenvalue weighted by Crippen LogP contribution is -2.16. The third kappa shape index (κ3) is 3.73. The number of Topliss-reactive ketones (excluding diaryl/α,β-unsaturated/α-hetero) is 1. The van der Waals surface area contributed by atoms with Gasteiger partial charge in [0, 0.05) is 32.1 Å². The van der Waals surface area contributed by atoms with E-state index < -0.39 is 0 Å². The Morgan fingerprint density at radius 3 is 2.62 bits per heavy atom. The van der Waals surface area contributed by atoms with Gasteiger partial charge in [0.25, 0.3) is 0 Å². The summed E-state index contributed by atoms with van der Waals surface area (Å²) in [6.45, 7) is 5.79. The molecule has 4 aromatic rings. The average Bonchev–Trinajstić information content (AvgIpc) is 2.79. The van der Waals surface area contributed by atoms with E-state index in [1.165, 1.54) is 23.9 Å². The van der Waals surface area contributed by atoms with Crippen LogP contribution in [0.15, 0.2) is 70.1 Å². The molecule has 0 amide bonds.